The monoisotopic (exact) mass is 416 g/mol. The van der Waals surface area contributed by atoms with Crippen molar-refractivity contribution in [3.8, 4) is 28.1 Å². The molecule has 0 atom stereocenters. The second-order valence-electron chi connectivity index (χ2n) is 5.72. The van der Waals surface area contributed by atoms with Crippen molar-refractivity contribution in [2.75, 3.05) is 25.6 Å². The number of methoxy groups -OCH3 is 1. The van der Waals surface area contributed by atoms with Crippen molar-refractivity contribution in [3.63, 3.8) is 0 Å². The smallest absolute Gasteiger partial charge is 0.127 e. The molecule has 0 aliphatic heterocycles. The molecule has 0 saturated heterocycles. The van der Waals surface area contributed by atoms with Crippen molar-refractivity contribution < 1.29 is 14.2 Å². The van der Waals surface area contributed by atoms with Crippen LogP contribution in [0, 0.1) is 5.82 Å². The zero-order valence-corrected chi connectivity index (χ0v) is 15.8. The van der Waals surface area contributed by atoms with Crippen molar-refractivity contribution in [1.29, 1.82) is 0 Å². The number of hydrogen-bond acceptors (Lipinski definition) is 4. The number of pyridine rings is 1. The van der Waals surface area contributed by atoms with E-state index < -0.39 is 0 Å². The minimum absolute atomic E-state index is 0.125. The number of hydrogen-bond donors (Lipinski definition) is 2. The molecule has 0 bridgehead atoms. The lowest BCUT2D eigenvalue weighted by Crippen LogP contribution is -2.09. The van der Waals surface area contributed by atoms with E-state index in [2.05, 4.69) is 26.2 Å². The Hall–Kier alpha value is -2.44. The van der Waals surface area contributed by atoms with Crippen molar-refractivity contribution in [3.05, 3.63) is 64.9 Å². The molecule has 0 unspecified atom stereocenters. The summed E-state index contributed by atoms with van der Waals surface area (Å²) in [5, 5.41) is 13.4. The zero-order chi connectivity index (χ0) is 18.5. The van der Waals surface area contributed by atoms with E-state index in [1.807, 2.05) is 18.2 Å². The quantitative estimate of drug-likeness (QED) is 0.550. The van der Waals surface area contributed by atoms with Crippen LogP contribution in [0.15, 0.2) is 59.1 Å². The predicted octanol–water partition coefficient (Wildman–Crippen LogP) is 5.08. The highest BCUT2D eigenvalue weighted by atomic mass is 79.9. The van der Waals surface area contributed by atoms with Gasteiger partial charge in [0.1, 0.15) is 17.4 Å². The van der Waals surface area contributed by atoms with Gasteiger partial charge in [-0.05, 0) is 53.6 Å². The van der Waals surface area contributed by atoms with Crippen LogP contribution in [-0.4, -0.2) is 30.4 Å². The molecular weight excluding hydrogens is 399 g/mol. The van der Waals surface area contributed by atoms with Crippen LogP contribution in [-0.2, 0) is 4.74 Å². The van der Waals surface area contributed by atoms with E-state index in [9.17, 15) is 9.50 Å². The van der Waals surface area contributed by atoms with Gasteiger partial charge in [-0.1, -0.05) is 28.1 Å². The third-order valence-corrected chi connectivity index (χ3v) is 4.32. The molecule has 134 valence electrons. The molecule has 0 amide bonds. The number of nitrogens with zero attached hydrogens (tertiary/aromatic N) is 1. The Bertz CT molecular complexity index is 918. The maximum atomic E-state index is 13.6. The molecular formula is C20H18BrFN2O2. The Labute approximate surface area is 159 Å². The second kappa shape index (κ2) is 8.29. The first-order chi connectivity index (χ1) is 12.6. The molecule has 0 aliphatic rings. The molecule has 4 nitrogen and oxygen atoms in total. The molecule has 3 rings (SSSR count). The summed E-state index contributed by atoms with van der Waals surface area (Å²) in [6, 6.07) is 15.2. The van der Waals surface area contributed by atoms with E-state index in [1.165, 1.54) is 12.1 Å². The van der Waals surface area contributed by atoms with Gasteiger partial charge < -0.3 is 15.2 Å². The average Bonchev–Trinajstić information content (AvgIpc) is 2.64. The summed E-state index contributed by atoms with van der Waals surface area (Å²) in [6.07, 6.45) is 0. The molecule has 2 N–H and O–H groups in total. The Balaban J connectivity index is 2.09. The van der Waals surface area contributed by atoms with E-state index in [4.69, 9.17) is 4.74 Å². The second-order valence-corrected chi connectivity index (χ2v) is 6.63. The van der Waals surface area contributed by atoms with E-state index in [-0.39, 0.29) is 11.6 Å². The van der Waals surface area contributed by atoms with Gasteiger partial charge >= 0.3 is 0 Å². The van der Waals surface area contributed by atoms with Gasteiger partial charge in [0.2, 0.25) is 0 Å². The van der Waals surface area contributed by atoms with Crippen LogP contribution in [0.2, 0.25) is 0 Å². The van der Waals surface area contributed by atoms with Gasteiger partial charge in [0.25, 0.3) is 0 Å². The standard InChI is InChI=1S/C20H18BrFN2O2/c1-26-8-7-23-20-11-14(13-3-2-4-16(22)9-13)10-18(24-20)17-12-15(21)5-6-19(17)25/h2-6,9-12,25H,7-8H2,1H3,(H,23,24). The fourth-order valence-corrected chi connectivity index (χ4v) is 2.95. The number of aromatic nitrogens is 1. The molecule has 0 saturated carbocycles. The summed E-state index contributed by atoms with van der Waals surface area (Å²) in [6.45, 7) is 1.11. The van der Waals surface area contributed by atoms with Crippen molar-refractivity contribution in [2.24, 2.45) is 0 Å². The van der Waals surface area contributed by atoms with Crippen LogP contribution in [0.4, 0.5) is 10.2 Å². The first kappa shape index (κ1) is 18.4. The normalized spacial score (nSPS) is 10.7. The third kappa shape index (κ3) is 4.39. The highest BCUT2D eigenvalue weighted by Gasteiger charge is 2.11. The van der Waals surface area contributed by atoms with Crippen LogP contribution >= 0.6 is 15.9 Å². The Morgan fingerprint density at radius 2 is 1.96 bits per heavy atom. The fourth-order valence-electron chi connectivity index (χ4n) is 2.59. The summed E-state index contributed by atoms with van der Waals surface area (Å²) in [5.74, 6) is 0.443. The van der Waals surface area contributed by atoms with Gasteiger partial charge in [-0.15, -0.1) is 0 Å². The maximum Gasteiger partial charge on any atom is 0.127 e. The van der Waals surface area contributed by atoms with Crippen LogP contribution in [0.1, 0.15) is 0 Å². The number of ether oxygens (including phenoxy) is 1. The molecule has 0 fully saturated rings. The van der Waals surface area contributed by atoms with Gasteiger partial charge in [-0.3, -0.25) is 0 Å². The number of rotatable bonds is 6. The molecule has 1 aromatic heterocycles. The van der Waals surface area contributed by atoms with Crippen molar-refractivity contribution in [2.45, 2.75) is 0 Å². The van der Waals surface area contributed by atoms with Crippen LogP contribution in [0.3, 0.4) is 0 Å². The third-order valence-electron chi connectivity index (χ3n) is 3.83. The first-order valence-electron chi connectivity index (χ1n) is 8.06. The predicted molar refractivity (Wildman–Crippen MR) is 105 cm³/mol. The van der Waals surface area contributed by atoms with Gasteiger partial charge in [-0.25, -0.2) is 9.37 Å². The minimum atomic E-state index is -0.306. The minimum Gasteiger partial charge on any atom is -0.507 e. The Morgan fingerprint density at radius 1 is 1.12 bits per heavy atom. The zero-order valence-electron chi connectivity index (χ0n) is 14.2. The largest absolute Gasteiger partial charge is 0.507 e. The average molecular weight is 417 g/mol. The summed E-state index contributed by atoms with van der Waals surface area (Å²) < 4.78 is 19.5. The van der Waals surface area contributed by atoms with Crippen LogP contribution in [0.5, 0.6) is 5.75 Å². The molecule has 26 heavy (non-hydrogen) atoms. The van der Waals surface area contributed by atoms with E-state index in [1.54, 1.807) is 31.4 Å². The molecule has 6 heteroatoms. The molecule has 0 aliphatic carbocycles. The van der Waals surface area contributed by atoms with Crippen molar-refractivity contribution in [1.82, 2.24) is 4.98 Å². The van der Waals surface area contributed by atoms with E-state index >= 15 is 0 Å². The van der Waals surface area contributed by atoms with Crippen LogP contribution in [0.25, 0.3) is 22.4 Å². The number of anilines is 1. The van der Waals surface area contributed by atoms with Crippen LogP contribution < -0.4 is 5.32 Å². The Morgan fingerprint density at radius 3 is 2.73 bits per heavy atom. The Kier molecular flexibility index (Phi) is 5.85. The first-order valence-corrected chi connectivity index (χ1v) is 8.86. The SMILES string of the molecule is COCCNc1cc(-c2cccc(F)c2)cc(-c2cc(Br)ccc2O)n1. The van der Waals surface area contributed by atoms with E-state index in [0.717, 1.165) is 15.6 Å². The molecule has 0 spiro atoms. The van der Waals surface area contributed by atoms with Gasteiger partial charge in [0, 0.05) is 23.7 Å². The summed E-state index contributed by atoms with van der Waals surface area (Å²) in [5.41, 5.74) is 2.71. The number of phenols is 1. The number of nitrogens with one attached hydrogen (secondary N) is 1. The summed E-state index contributed by atoms with van der Waals surface area (Å²) >= 11 is 3.42. The highest BCUT2D eigenvalue weighted by molar-refractivity contribution is 9.10. The summed E-state index contributed by atoms with van der Waals surface area (Å²) in [4.78, 5) is 4.58. The maximum absolute atomic E-state index is 13.6. The lowest BCUT2D eigenvalue weighted by atomic mass is 10.0. The summed E-state index contributed by atoms with van der Waals surface area (Å²) in [7, 11) is 1.63. The number of aromatic hydroxyl groups is 1. The number of phenolic OH excluding ortho intramolecular Hbond substituents is 1. The van der Waals surface area contributed by atoms with Crippen molar-refractivity contribution >= 4 is 21.7 Å². The molecule has 1 heterocycles. The molecule has 3 aromatic rings. The van der Waals surface area contributed by atoms with Gasteiger partial charge in [0.05, 0.1) is 12.3 Å². The van der Waals surface area contributed by atoms with E-state index in [0.29, 0.717) is 30.2 Å². The number of benzene rings is 2. The fraction of sp³-hybridized carbons (Fsp3) is 0.150. The lowest BCUT2D eigenvalue weighted by molar-refractivity contribution is 0.210. The van der Waals surface area contributed by atoms with Gasteiger partial charge in [-0.2, -0.15) is 0 Å². The molecule has 2 aromatic carbocycles. The number of halogens is 2. The molecule has 0 radical (unpaired) electrons. The van der Waals surface area contributed by atoms with Gasteiger partial charge in [0.15, 0.2) is 0 Å². The lowest BCUT2D eigenvalue weighted by Gasteiger charge is -2.12. The highest BCUT2D eigenvalue weighted by Crippen LogP contribution is 2.34. The topological polar surface area (TPSA) is 54.4 Å².